The number of fused-ring (bicyclic) bond motifs is 1. The van der Waals surface area contributed by atoms with Crippen LogP contribution in [0, 0.1) is 0 Å². The highest BCUT2D eigenvalue weighted by molar-refractivity contribution is 5.90. The molecule has 0 saturated heterocycles. The van der Waals surface area contributed by atoms with Gasteiger partial charge in [0.1, 0.15) is 22.8 Å². The number of aromatic nitrogens is 3. The first-order valence-electron chi connectivity index (χ1n) is 8.03. The van der Waals surface area contributed by atoms with E-state index >= 15 is 0 Å². The molecule has 0 unspecified atom stereocenters. The number of rotatable bonds is 4. The molecule has 8 nitrogen and oxygen atoms in total. The van der Waals surface area contributed by atoms with Crippen molar-refractivity contribution in [2.24, 2.45) is 0 Å². The number of methoxy groups -OCH3 is 2. The number of para-hydroxylation sites is 1. The number of aromatic hydroxyl groups is 1. The van der Waals surface area contributed by atoms with Crippen molar-refractivity contribution in [3.05, 3.63) is 52.8 Å². The van der Waals surface area contributed by atoms with Gasteiger partial charge in [0.05, 0.1) is 25.3 Å². The topological polar surface area (TPSA) is 110 Å². The molecule has 136 valence electrons. The molecule has 0 atom stereocenters. The summed E-state index contributed by atoms with van der Waals surface area (Å²) in [5.74, 6) is 1.01. The summed E-state index contributed by atoms with van der Waals surface area (Å²) in [5, 5.41) is 14.9. The normalized spacial score (nSPS) is 10.9. The fourth-order valence-electron chi connectivity index (χ4n) is 2.84. The first-order valence-corrected chi connectivity index (χ1v) is 8.03. The molecule has 0 aliphatic heterocycles. The van der Waals surface area contributed by atoms with Gasteiger partial charge in [-0.2, -0.15) is 4.98 Å². The minimum Gasteiger partial charge on any atom is -0.506 e. The largest absolute Gasteiger partial charge is 0.506 e. The lowest BCUT2D eigenvalue weighted by atomic mass is 10.1. The fourth-order valence-corrected chi connectivity index (χ4v) is 2.84. The third-order valence-electron chi connectivity index (χ3n) is 4.18. The highest BCUT2D eigenvalue weighted by Crippen LogP contribution is 2.35. The molecule has 2 aromatic carbocycles. The van der Waals surface area contributed by atoms with E-state index in [1.807, 2.05) is 0 Å². The highest BCUT2D eigenvalue weighted by atomic mass is 16.5. The Bertz CT molecular complexity index is 1200. The van der Waals surface area contributed by atoms with Gasteiger partial charge in [0.2, 0.25) is 5.82 Å². The summed E-state index contributed by atoms with van der Waals surface area (Å²) in [4.78, 5) is 19.4. The monoisotopic (exact) mass is 365 g/mol. The first kappa shape index (κ1) is 16.6. The summed E-state index contributed by atoms with van der Waals surface area (Å²) in [5.41, 5.74) is 0.466. The summed E-state index contributed by atoms with van der Waals surface area (Å²) in [6, 6.07) is 12.0. The second-order valence-electron chi connectivity index (χ2n) is 5.71. The zero-order valence-electron chi connectivity index (χ0n) is 14.5. The number of H-pyrrole nitrogens is 1. The van der Waals surface area contributed by atoms with Crippen LogP contribution in [0.4, 0.5) is 0 Å². The standard InChI is InChI=1S/C19H15N3O5/c1-25-10-7-8-12(14(9-10)26-2)17-21-19(27-22-17)15-16(23)11-5-3-4-6-13(11)20-18(15)24/h3-9H,1-2H3,(H2,20,23,24). The number of hydrogen-bond donors (Lipinski definition) is 2. The van der Waals surface area contributed by atoms with Crippen LogP contribution < -0.4 is 15.0 Å². The minimum absolute atomic E-state index is 0.0834. The van der Waals surface area contributed by atoms with Crippen molar-refractivity contribution >= 4 is 10.9 Å². The number of hydrogen-bond acceptors (Lipinski definition) is 7. The average Bonchev–Trinajstić information content (AvgIpc) is 3.16. The zero-order chi connectivity index (χ0) is 19.0. The summed E-state index contributed by atoms with van der Waals surface area (Å²) in [7, 11) is 3.06. The molecule has 0 saturated carbocycles. The second kappa shape index (κ2) is 6.49. The summed E-state index contributed by atoms with van der Waals surface area (Å²) >= 11 is 0. The number of ether oxygens (including phenoxy) is 2. The Morgan fingerprint density at radius 1 is 1.11 bits per heavy atom. The third-order valence-corrected chi connectivity index (χ3v) is 4.18. The molecule has 27 heavy (non-hydrogen) atoms. The molecular formula is C19H15N3O5. The van der Waals surface area contributed by atoms with Crippen molar-refractivity contribution < 1.29 is 19.1 Å². The van der Waals surface area contributed by atoms with E-state index in [-0.39, 0.29) is 23.0 Å². The number of benzene rings is 2. The van der Waals surface area contributed by atoms with Gasteiger partial charge < -0.3 is 24.1 Å². The van der Waals surface area contributed by atoms with Crippen molar-refractivity contribution in [2.45, 2.75) is 0 Å². The Balaban J connectivity index is 1.85. The molecule has 0 aliphatic carbocycles. The zero-order valence-corrected chi connectivity index (χ0v) is 14.5. The Morgan fingerprint density at radius 3 is 2.70 bits per heavy atom. The van der Waals surface area contributed by atoms with Crippen molar-refractivity contribution in [1.29, 1.82) is 0 Å². The Hall–Kier alpha value is -3.81. The van der Waals surface area contributed by atoms with Crippen LogP contribution in [-0.4, -0.2) is 34.5 Å². The van der Waals surface area contributed by atoms with Crippen molar-refractivity contribution in [3.8, 4) is 40.1 Å². The van der Waals surface area contributed by atoms with Gasteiger partial charge in [-0.1, -0.05) is 17.3 Å². The molecule has 0 bridgehead atoms. The first-order chi connectivity index (χ1) is 13.1. The second-order valence-corrected chi connectivity index (χ2v) is 5.71. The predicted octanol–water partition coefficient (Wildman–Crippen LogP) is 2.97. The van der Waals surface area contributed by atoms with Crippen LogP contribution in [0.25, 0.3) is 33.7 Å². The van der Waals surface area contributed by atoms with Gasteiger partial charge in [0.15, 0.2) is 0 Å². The van der Waals surface area contributed by atoms with E-state index in [1.54, 1.807) is 49.6 Å². The van der Waals surface area contributed by atoms with Gasteiger partial charge in [0, 0.05) is 11.5 Å². The quantitative estimate of drug-likeness (QED) is 0.572. The maximum atomic E-state index is 12.4. The van der Waals surface area contributed by atoms with Crippen LogP contribution >= 0.6 is 0 Å². The van der Waals surface area contributed by atoms with Gasteiger partial charge >= 0.3 is 0 Å². The van der Waals surface area contributed by atoms with Crippen molar-refractivity contribution in [3.63, 3.8) is 0 Å². The van der Waals surface area contributed by atoms with Crippen molar-refractivity contribution in [1.82, 2.24) is 15.1 Å². The molecule has 0 fully saturated rings. The molecule has 2 aromatic heterocycles. The molecule has 0 spiro atoms. The number of aromatic amines is 1. The van der Waals surface area contributed by atoms with Crippen LogP contribution in [0.5, 0.6) is 17.2 Å². The molecule has 2 N–H and O–H groups in total. The molecule has 2 heterocycles. The Labute approximate surface area is 153 Å². The van der Waals surface area contributed by atoms with E-state index < -0.39 is 5.56 Å². The number of nitrogens with zero attached hydrogens (tertiary/aromatic N) is 2. The molecule has 0 amide bonds. The molecular weight excluding hydrogens is 350 g/mol. The molecule has 8 heteroatoms. The van der Waals surface area contributed by atoms with Crippen LogP contribution in [0.15, 0.2) is 51.8 Å². The van der Waals surface area contributed by atoms with Gasteiger partial charge in [-0.3, -0.25) is 4.79 Å². The van der Waals surface area contributed by atoms with Crippen LogP contribution in [-0.2, 0) is 0 Å². The highest BCUT2D eigenvalue weighted by Gasteiger charge is 2.21. The van der Waals surface area contributed by atoms with E-state index in [0.29, 0.717) is 28.0 Å². The lowest BCUT2D eigenvalue weighted by molar-refractivity contribution is 0.394. The van der Waals surface area contributed by atoms with Crippen LogP contribution in [0.3, 0.4) is 0 Å². The predicted molar refractivity (Wildman–Crippen MR) is 98.1 cm³/mol. The van der Waals surface area contributed by atoms with Crippen molar-refractivity contribution in [2.75, 3.05) is 14.2 Å². The number of pyridine rings is 1. The molecule has 0 aliphatic rings. The van der Waals surface area contributed by atoms with Gasteiger partial charge in [-0.15, -0.1) is 0 Å². The Kier molecular flexibility index (Phi) is 4.00. The minimum atomic E-state index is -0.525. The van der Waals surface area contributed by atoms with Gasteiger partial charge in [0.25, 0.3) is 11.4 Å². The Morgan fingerprint density at radius 2 is 1.93 bits per heavy atom. The van der Waals surface area contributed by atoms with E-state index in [1.165, 1.54) is 7.11 Å². The molecule has 4 aromatic rings. The van der Waals surface area contributed by atoms with Gasteiger partial charge in [-0.25, -0.2) is 0 Å². The number of nitrogens with one attached hydrogen (secondary N) is 1. The van der Waals surface area contributed by atoms with Gasteiger partial charge in [-0.05, 0) is 24.3 Å². The van der Waals surface area contributed by atoms with E-state index in [2.05, 4.69) is 15.1 Å². The van der Waals surface area contributed by atoms with Crippen LogP contribution in [0.1, 0.15) is 0 Å². The van der Waals surface area contributed by atoms with E-state index in [4.69, 9.17) is 14.0 Å². The van der Waals surface area contributed by atoms with E-state index in [9.17, 15) is 9.90 Å². The average molecular weight is 365 g/mol. The summed E-state index contributed by atoms with van der Waals surface area (Å²) in [6.45, 7) is 0. The molecule has 4 rings (SSSR count). The maximum Gasteiger partial charge on any atom is 0.267 e. The summed E-state index contributed by atoms with van der Waals surface area (Å²) in [6.07, 6.45) is 0. The third kappa shape index (κ3) is 2.77. The maximum absolute atomic E-state index is 12.4. The SMILES string of the molecule is COc1ccc(-c2noc(-c3c(O)c4ccccc4[nH]c3=O)n2)c(OC)c1. The summed E-state index contributed by atoms with van der Waals surface area (Å²) < 4.78 is 15.8. The lowest BCUT2D eigenvalue weighted by Crippen LogP contribution is -2.09. The smallest absolute Gasteiger partial charge is 0.267 e. The molecule has 0 radical (unpaired) electrons. The fraction of sp³-hybridized carbons (Fsp3) is 0.105. The lowest BCUT2D eigenvalue weighted by Gasteiger charge is -2.07. The van der Waals surface area contributed by atoms with E-state index in [0.717, 1.165) is 0 Å². The van der Waals surface area contributed by atoms with Crippen LogP contribution in [0.2, 0.25) is 0 Å².